The summed E-state index contributed by atoms with van der Waals surface area (Å²) in [6.45, 7) is 0. The second kappa shape index (κ2) is 3.84. The third kappa shape index (κ3) is 1.56. The molecule has 4 heteroatoms. The number of hydrogen-bond donors (Lipinski definition) is 1. The van der Waals surface area contributed by atoms with E-state index in [4.69, 9.17) is 0 Å². The molecule has 0 aliphatic heterocycles. The monoisotopic (exact) mass is 221 g/mol. The highest BCUT2D eigenvalue weighted by molar-refractivity contribution is 4.98. The average Bonchev–Trinajstić information content (AvgIpc) is 2.95. The highest BCUT2D eigenvalue weighted by atomic mass is 16.3. The van der Waals surface area contributed by atoms with Crippen LogP contribution < -0.4 is 0 Å². The van der Waals surface area contributed by atoms with Crippen LogP contribution in [0.2, 0.25) is 0 Å². The van der Waals surface area contributed by atoms with E-state index in [2.05, 4.69) is 10.3 Å². The van der Waals surface area contributed by atoms with E-state index in [1.54, 1.807) is 6.20 Å². The molecule has 2 aliphatic rings. The quantitative estimate of drug-likeness (QED) is 0.788. The van der Waals surface area contributed by atoms with E-state index >= 15 is 0 Å². The van der Waals surface area contributed by atoms with Crippen molar-refractivity contribution in [1.29, 1.82) is 0 Å². The van der Waals surface area contributed by atoms with Gasteiger partial charge in [-0.15, -0.1) is 5.10 Å². The van der Waals surface area contributed by atoms with Crippen LogP contribution in [0.25, 0.3) is 0 Å². The minimum atomic E-state index is -0.152. The third-order valence-corrected chi connectivity index (χ3v) is 4.54. The Morgan fingerprint density at radius 1 is 1.25 bits per heavy atom. The number of nitrogens with zero attached hydrogens (tertiary/aromatic N) is 3. The lowest BCUT2D eigenvalue weighted by Crippen LogP contribution is -2.38. The lowest BCUT2D eigenvalue weighted by atomic mass is 9.68. The molecule has 0 radical (unpaired) electrons. The molecule has 2 aliphatic carbocycles. The molecule has 0 amide bonds. The maximum absolute atomic E-state index is 9.86. The van der Waals surface area contributed by atoms with E-state index in [-0.39, 0.29) is 6.10 Å². The Balaban J connectivity index is 1.91. The Labute approximate surface area is 95.7 Å². The maximum Gasteiger partial charge on any atom is 0.0693 e. The molecule has 3 rings (SSSR count). The molecule has 1 aromatic heterocycles. The number of hydrogen-bond acceptors (Lipinski definition) is 3. The SMILES string of the molecule is OC1CCC2(CCCC2)C(n2ccnn2)C1. The topological polar surface area (TPSA) is 50.9 Å². The molecular weight excluding hydrogens is 202 g/mol. The van der Waals surface area contributed by atoms with Crippen molar-refractivity contribution in [3.63, 3.8) is 0 Å². The van der Waals surface area contributed by atoms with Gasteiger partial charge in [-0.25, -0.2) is 4.68 Å². The summed E-state index contributed by atoms with van der Waals surface area (Å²) in [5.74, 6) is 0. The van der Waals surface area contributed by atoms with Crippen molar-refractivity contribution in [2.45, 2.75) is 57.1 Å². The molecule has 1 aromatic rings. The smallest absolute Gasteiger partial charge is 0.0693 e. The number of aliphatic hydroxyl groups is 1. The van der Waals surface area contributed by atoms with Gasteiger partial charge in [0.1, 0.15) is 0 Å². The average molecular weight is 221 g/mol. The Morgan fingerprint density at radius 2 is 2.06 bits per heavy atom. The molecule has 0 aromatic carbocycles. The van der Waals surface area contributed by atoms with Crippen LogP contribution in [0, 0.1) is 5.41 Å². The van der Waals surface area contributed by atoms with Crippen LogP contribution in [0.15, 0.2) is 12.4 Å². The van der Waals surface area contributed by atoms with E-state index < -0.39 is 0 Å². The lowest BCUT2D eigenvalue weighted by molar-refractivity contribution is 0.0117. The van der Waals surface area contributed by atoms with E-state index in [0.29, 0.717) is 11.5 Å². The van der Waals surface area contributed by atoms with Crippen LogP contribution in [-0.4, -0.2) is 26.2 Å². The zero-order chi connectivity index (χ0) is 11.0. The second-order valence-corrected chi connectivity index (χ2v) is 5.40. The molecule has 0 bridgehead atoms. The van der Waals surface area contributed by atoms with Crippen molar-refractivity contribution < 1.29 is 5.11 Å². The molecule has 2 fully saturated rings. The van der Waals surface area contributed by atoms with Gasteiger partial charge < -0.3 is 5.11 Å². The molecule has 0 saturated heterocycles. The van der Waals surface area contributed by atoms with Gasteiger partial charge in [-0.05, 0) is 37.5 Å². The molecule has 4 nitrogen and oxygen atoms in total. The molecule has 2 unspecified atom stereocenters. The fraction of sp³-hybridized carbons (Fsp3) is 0.833. The van der Waals surface area contributed by atoms with Gasteiger partial charge in [0.05, 0.1) is 18.3 Å². The molecule has 2 atom stereocenters. The molecule has 16 heavy (non-hydrogen) atoms. The molecule has 88 valence electrons. The van der Waals surface area contributed by atoms with Crippen molar-refractivity contribution in [2.75, 3.05) is 0 Å². The first-order valence-corrected chi connectivity index (χ1v) is 6.34. The minimum Gasteiger partial charge on any atom is -0.393 e. The van der Waals surface area contributed by atoms with Gasteiger partial charge in [0.2, 0.25) is 0 Å². The summed E-state index contributed by atoms with van der Waals surface area (Å²) in [6.07, 6.45) is 11.8. The van der Waals surface area contributed by atoms with Gasteiger partial charge in [-0.3, -0.25) is 0 Å². The molecule has 1 N–H and O–H groups in total. The Kier molecular flexibility index (Phi) is 2.46. The maximum atomic E-state index is 9.86. The standard InChI is InChI=1S/C12H19N3O/c16-10-3-6-12(4-1-2-5-12)11(9-10)15-8-7-13-14-15/h7-8,10-11,16H,1-6,9H2. The molecule has 1 spiro atoms. The van der Waals surface area contributed by atoms with E-state index in [0.717, 1.165) is 19.3 Å². The van der Waals surface area contributed by atoms with Crippen LogP contribution in [0.3, 0.4) is 0 Å². The zero-order valence-corrected chi connectivity index (χ0v) is 9.55. The van der Waals surface area contributed by atoms with Crippen LogP contribution in [0.5, 0.6) is 0 Å². The number of aromatic nitrogens is 3. The number of rotatable bonds is 1. The van der Waals surface area contributed by atoms with Gasteiger partial charge in [-0.2, -0.15) is 0 Å². The predicted molar refractivity (Wildman–Crippen MR) is 59.8 cm³/mol. The summed E-state index contributed by atoms with van der Waals surface area (Å²) in [6, 6.07) is 0.362. The van der Waals surface area contributed by atoms with Crippen molar-refractivity contribution in [2.24, 2.45) is 5.41 Å². The van der Waals surface area contributed by atoms with E-state index in [9.17, 15) is 5.11 Å². The van der Waals surface area contributed by atoms with Crippen molar-refractivity contribution in [1.82, 2.24) is 15.0 Å². The fourth-order valence-corrected chi connectivity index (χ4v) is 3.68. The minimum absolute atomic E-state index is 0.152. The summed E-state index contributed by atoms with van der Waals surface area (Å²) >= 11 is 0. The Bertz CT molecular complexity index is 343. The van der Waals surface area contributed by atoms with Gasteiger partial charge in [0.25, 0.3) is 0 Å². The van der Waals surface area contributed by atoms with Gasteiger partial charge in [0.15, 0.2) is 0 Å². The fourth-order valence-electron chi connectivity index (χ4n) is 3.68. The van der Waals surface area contributed by atoms with Crippen LogP contribution in [0.1, 0.15) is 51.0 Å². The lowest BCUT2D eigenvalue weighted by Gasteiger charge is -2.43. The first kappa shape index (κ1) is 10.3. The summed E-state index contributed by atoms with van der Waals surface area (Å²) in [7, 11) is 0. The summed E-state index contributed by atoms with van der Waals surface area (Å²) in [5.41, 5.74) is 0.396. The predicted octanol–water partition coefficient (Wildman–Crippen LogP) is 1.92. The van der Waals surface area contributed by atoms with Gasteiger partial charge in [0, 0.05) is 6.20 Å². The van der Waals surface area contributed by atoms with E-state index in [1.165, 1.54) is 25.7 Å². The van der Waals surface area contributed by atoms with E-state index in [1.807, 2.05) is 10.9 Å². The first-order chi connectivity index (χ1) is 7.80. The largest absolute Gasteiger partial charge is 0.393 e. The molecular formula is C12H19N3O. The van der Waals surface area contributed by atoms with Crippen molar-refractivity contribution >= 4 is 0 Å². The summed E-state index contributed by atoms with van der Waals surface area (Å²) in [4.78, 5) is 0. The zero-order valence-electron chi connectivity index (χ0n) is 9.55. The van der Waals surface area contributed by atoms with Gasteiger partial charge >= 0.3 is 0 Å². The van der Waals surface area contributed by atoms with Crippen molar-refractivity contribution in [3.8, 4) is 0 Å². The second-order valence-electron chi connectivity index (χ2n) is 5.40. The summed E-state index contributed by atoms with van der Waals surface area (Å²) < 4.78 is 1.98. The highest BCUT2D eigenvalue weighted by Gasteiger charge is 2.46. The highest BCUT2D eigenvalue weighted by Crippen LogP contribution is 2.54. The van der Waals surface area contributed by atoms with Gasteiger partial charge in [-0.1, -0.05) is 18.1 Å². The summed E-state index contributed by atoms with van der Waals surface area (Å²) in [5, 5.41) is 17.9. The molecule has 1 heterocycles. The Morgan fingerprint density at radius 3 is 2.75 bits per heavy atom. The number of aliphatic hydroxyl groups excluding tert-OH is 1. The molecule has 2 saturated carbocycles. The van der Waals surface area contributed by atoms with Crippen molar-refractivity contribution in [3.05, 3.63) is 12.4 Å². The Hall–Kier alpha value is -0.900. The third-order valence-electron chi connectivity index (χ3n) is 4.54. The van der Waals surface area contributed by atoms with Crippen LogP contribution in [0.4, 0.5) is 0 Å². The van der Waals surface area contributed by atoms with Crippen LogP contribution in [-0.2, 0) is 0 Å². The normalized spacial score (nSPS) is 33.3. The van der Waals surface area contributed by atoms with Crippen LogP contribution >= 0.6 is 0 Å². The first-order valence-electron chi connectivity index (χ1n) is 6.34.